The molecule has 0 saturated heterocycles. The van der Waals surface area contributed by atoms with Crippen molar-refractivity contribution in [3.05, 3.63) is 57.6 Å². The summed E-state index contributed by atoms with van der Waals surface area (Å²) in [5.74, 6) is 1.04. The predicted octanol–water partition coefficient (Wildman–Crippen LogP) is 4.32. The van der Waals surface area contributed by atoms with Gasteiger partial charge in [0.2, 0.25) is 0 Å². The van der Waals surface area contributed by atoms with Gasteiger partial charge in [-0.15, -0.1) is 0 Å². The van der Waals surface area contributed by atoms with Crippen molar-refractivity contribution in [3.8, 4) is 11.5 Å². The summed E-state index contributed by atoms with van der Waals surface area (Å²) in [6, 6.07) is 10.8. The van der Waals surface area contributed by atoms with Crippen molar-refractivity contribution >= 4 is 29.1 Å². The van der Waals surface area contributed by atoms with Crippen LogP contribution in [-0.2, 0) is 4.79 Å². The van der Waals surface area contributed by atoms with Crippen LogP contribution in [0.25, 0.3) is 0 Å². The highest BCUT2D eigenvalue weighted by Gasteiger charge is 2.23. The molecule has 126 valence electrons. The number of hydrogen-bond acceptors (Lipinski definition) is 3. The summed E-state index contributed by atoms with van der Waals surface area (Å²) >= 11 is 11.9. The topological polar surface area (TPSA) is 47.6 Å². The summed E-state index contributed by atoms with van der Waals surface area (Å²) in [6.07, 6.45) is 0.726. The largest absolute Gasteiger partial charge is 0.493 e. The fraction of sp³-hybridized carbons (Fsp3) is 0.278. The number of fused-ring (bicyclic) bond motifs is 1. The van der Waals surface area contributed by atoms with Crippen LogP contribution in [0, 0.1) is 6.92 Å². The van der Waals surface area contributed by atoms with E-state index in [1.54, 1.807) is 18.2 Å². The van der Waals surface area contributed by atoms with Gasteiger partial charge in [-0.2, -0.15) is 0 Å². The average Bonchev–Trinajstić information content (AvgIpc) is 2.54. The minimum Gasteiger partial charge on any atom is -0.493 e. The summed E-state index contributed by atoms with van der Waals surface area (Å²) in [7, 11) is 0. The van der Waals surface area contributed by atoms with E-state index >= 15 is 0 Å². The van der Waals surface area contributed by atoms with Crippen LogP contribution in [0.2, 0.25) is 10.0 Å². The Morgan fingerprint density at radius 2 is 2.12 bits per heavy atom. The smallest absolute Gasteiger partial charge is 0.258 e. The van der Waals surface area contributed by atoms with Crippen LogP contribution in [0.3, 0.4) is 0 Å². The predicted molar refractivity (Wildman–Crippen MR) is 94.1 cm³/mol. The fourth-order valence-corrected chi connectivity index (χ4v) is 3.10. The molecule has 1 atom stereocenters. The van der Waals surface area contributed by atoms with Crippen molar-refractivity contribution in [3.63, 3.8) is 0 Å². The van der Waals surface area contributed by atoms with E-state index < -0.39 is 0 Å². The van der Waals surface area contributed by atoms with Gasteiger partial charge in [0.1, 0.15) is 11.5 Å². The lowest BCUT2D eigenvalue weighted by atomic mass is 9.98. The van der Waals surface area contributed by atoms with E-state index in [0.717, 1.165) is 23.3 Å². The molecule has 2 aromatic carbocycles. The van der Waals surface area contributed by atoms with E-state index in [2.05, 4.69) is 5.32 Å². The Balaban J connectivity index is 1.63. The van der Waals surface area contributed by atoms with Gasteiger partial charge in [0.15, 0.2) is 6.61 Å². The quantitative estimate of drug-likeness (QED) is 0.877. The van der Waals surface area contributed by atoms with Crippen molar-refractivity contribution in [2.75, 3.05) is 13.2 Å². The molecule has 2 aromatic rings. The maximum atomic E-state index is 12.2. The summed E-state index contributed by atoms with van der Waals surface area (Å²) in [5, 5.41) is 3.89. The number of ether oxygens (including phenoxy) is 2. The molecule has 0 aliphatic carbocycles. The van der Waals surface area contributed by atoms with E-state index in [9.17, 15) is 4.79 Å². The number of rotatable bonds is 4. The molecule has 1 aliphatic heterocycles. The van der Waals surface area contributed by atoms with E-state index in [1.807, 2.05) is 25.1 Å². The van der Waals surface area contributed by atoms with Crippen molar-refractivity contribution < 1.29 is 14.3 Å². The molecule has 1 aliphatic rings. The Morgan fingerprint density at radius 1 is 1.29 bits per heavy atom. The van der Waals surface area contributed by atoms with Gasteiger partial charge in [0, 0.05) is 17.0 Å². The van der Waals surface area contributed by atoms with Crippen LogP contribution >= 0.6 is 23.2 Å². The van der Waals surface area contributed by atoms with Crippen molar-refractivity contribution in [1.82, 2.24) is 5.32 Å². The number of carbonyl (C=O) groups excluding carboxylic acids is 1. The lowest BCUT2D eigenvalue weighted by molar-refractivity contribution is -0.124. The molecule has 0 saturated carbocycles. The average molecular weight is 366 g/mol. The monoisotopic (exact) mass is 365 g/mol. The van der Waals surface area contributed by atoms with E-state index in [-0.39, 0.29) is 18.6 Å². The highest BCUT2D eigenvalue weighted by molar-refractivity contribution is 6.35. The normalized spacial score (nSPS) is 16.0. The molecule has 1 unspecified atom stereocenters. The zero-order chi connectivity index (χ0) is 17.1. The second-order valence-electron chi connectivity index (χ2n) is 5.66. The minimum atomic E-state index is -0.208. The number of benzene rings is 2. The van der Waals surface area contributed by atoms with Crippen LogP contribution in [-0.4, -0.2) is 19.1 Å². The molecular formula is C18H17Cl2NO3. The lowest BCUT2D eigenvalue weighted by Gasteiger charge is -2.27. The highest BCUT2D eigenvalue weighted by atomic mass is 35.5. The molecule has 0 spiro atoms. The van der Waals surface area contributed by atoms with Crippen LogP contribution in [0.1, 0.15) is 23.6 Å². The van der Waals surface area contributed by atoms with Crippen molar-refractivity contribution in [2.45, 2.75) is 19.4 Å². The Morgan fingerprint density at radius 3 is 2.92 bits per heavy atom. The Bertz CT molecular complexity index is 764. The van der Waals surface area contributed by atoms with Crippen molar-refractivity contribution in [2.24, 2.45) is 0 Å². The van der Waals surface area contributed by atoms with E-state index in [0.29, 0.717) is 22.4 Å². The first-order valence-corrected chi connectivity index (χ1v) is 8.39. The van der Waals surface area contributed by atoms with Crippen molar-refractivity contribution in [1.29, 1.82) is 0 Å². The molecule has 6 heteroatoms. The zero-order valence-corrected chi connectivity index (χ0v) is 14.7. The number of aryl methyl sites for hydroxylation is 1. The summed E-state index contributed by atoms with van der Waals surface area (Å²) in [4.78, 5) is 12.2. The van der Waals surface area contributed by atoms with E-state index in [1.165, 1.54) is 0 Å². The SMILES string of the molecule is Cc1ccc2c(c1)C(NC(=O)COc1ccc(Cl)cc1Cl)CCO2. The van der Waals surface area contributed by atoms with Crippen LogP contribution in [0.5, 0.6) is 11.5 Å². The molecule has 1 N–H and O–H groups in total. The number of amides is 1. The third kappa shape index (κ3) is 3.94. The molecule has 0 aromatic heterocycles. The van der Waals surface area contributed by atoms with E-state index in [4.69, 9.17) is 32.7 Å². The first-order valence-electron chi connectivity index (χ1n) is 7.63. The standard InChI is InChI=1S/C18H17Cl2NO3/c1-11-2-4-16-13(8-11)15(6-7-23-16)21-18(22)10-24-17-5-3-12(19)9-14(17)20/h2-5,8-9,15H,6-7,10H2,1H3,(H,21,22). The molecule has 4 nitrogen and oxygen atoms in total. The van der Waals surface area contributed by atoms with Crippen LogP contribution in [0.4, 0.5) is 0 Å². The number of hydrogen-bond donors (Lipinski definition) is 1. The number of carbonyl (C=O) groups is 1. The highest BCUT2D eigenvalue weighted by Crippen LogP contribution is 2.32. The third-order valence-electron chi connectivity index (χ3n) is 3.79. The Labute approximate surface area is 150 Å². The van der Waals surface area contributed by atoms with Gasteiger partial charge < -0.3 is 14.8 Å². The third-order valence-corrected chi connectivity index (χ3v) is 4.32. The molecule has 3 rings (SSSR count). The summed E-state index contributed by atoms with van der Waals surface area (Å²) in [5.41, 5.74) is 2.13. The maximum Gasteiger partial charge on any atom is 0.258 e. The second kappa shape index (κ2) is 7.32. The van der Waals surface area contributed by atoms with Gasteiger partial charge in [0.05, 0.1) is 17.7 Å². The molecule has 0 bridgehead atoms. The Kier molecular flexibility index (Phi) is 5.17. The first-order chi connectivity index (χ1) is 11.5. The van der Waals surface area contributed by atoms with Gasteiger partial charge in [-0.3, -0.25) is 4.79 Å². The fourth-order valence-electron chi connectivity index (χ4n) is 2.64. The second-order valence-corrected chi connectivity index (χ2v) is 6.51. The van der Waals surface area contributed by atoms with Gasteiger partial charge in [-0.05, 0) is 31.2 Å². The first kappa shape index (κ1) is 16.9. The minimum absolute atomic E-state index is 0.0783. The molecule has 0 radical (unpaired) electrons. The number of nitrogens with one attached hydrogen (secondary N) is 1. The van der Waals surface area contributed by atoms with Crippen LogP contribution < -0.4 is 14.8 Å². The molecule has 1 amide bonds. The van der Waals surface area contributed by atoms with Crippen LogP contribution in [0.15, 0.2) is 36.4 Å². The zero-order valence-electron chi connectivity index (χ0n) is 13.1. The number of halogens is 2. The maximum absolute atomic E-state index is 12.2. The van der Waals surface area contributed by atoms with Gasteiger partial charge >= 0.3 is 0 Å². The van der Waals surface area contributed by atoms with Gasteiger partial charge in [-0.1, -0.05) is 40.9 Å². The Hall–Kier alpha value is -1.91. The van der Waals surface area contributed by atoms with Gasteiger partial charge in [-0.25, -0.2) is 0 Å². The molecule has 1 heterocycles. The molecular weight excluding hydrogens is 349 g/mol. The molecule has 24 heavy (non-hydrogen) atoms. The summed E-state index contributed by atoms with van der Waals surface area (Å²) in [6.45, 7) is 2.48. The summed E-state index contributed by atoms with van der Waals surface area (Å²) < 4.78 is 11.1. The van der Waals surface area contributed by atoms with Gasteiger partial charge in [0.25, 0.3) is 5.91 Å². The molecule has 0 fully saturated rings. The lowest BCUT2D eigenvalue weighted by Crippen LogP contribution is -2.35.